The highest BCUT2D eigenvalue weighted by Crippen LogP contribution is 2.30. The molecule has 5 nitrogen and oxygen atoms in total. The third kappa shape index (κ3) is 2.73. The minimum Gasteiger partial charge on any atom is -0.333 e. The van der Waals surface area contributed by atoms with Crippen molar-refractivity contribution in [1.29, 1.82) is 0 Å². The Labute approximate surface area is 142 Å². The Morgan fingerprint density at radius 3 is 2.54 bits per heavy atom. The van der Waals surface area contributed by atoms with Crippen molar-refractivity contribution in [2.24, 2.45) is 0 Å². The smallest absolute Gasteiger partial charge is 0.274 e. The topological polar surface area (TPSA) is 41.4 Å². The van der Waals surface area contributed by atoms with E-state index < -0.39 is 0 Å². The van der Waals surface area contributed by atoms with E-state index in [9.17, 15) is 4.79 Å². The zero-order chi connectivity index (χ0) is 16.5. The van der Waals surface area contributed by atoms with Crippen molar-refractivity contribution in [2.75, 3.05) is 20.1 Å². The van der Waals surface area contributed by atoms with E-state index in [1.165, 1.54) is 12.8 Å². The SMILES string of the molecule is CN1CCC[C@@H]1[C@@H]1CCCN1C(=O)c1ccn(-c2ccccc2)n1. The molecule has 2 atom stereocenters. The lowest BCUT2D eigenvalue weighted by atomic mass is 10.0. The predicted octanol–water partition coefficient (Wildman–Crippen LogP) is 2.57. The van der Waals surface area contributed by atoms with Crippen LogP contribution in [0.5, 0.6) is 0 Å². The molecule has 0 N–H and O–H groups in total. The Hall–Kier alpha value is -2.14. The summed E-state index contributed by atoms with van der Waals surface area (Å²) in [6, 6.07) is 12.6. The number of aromatic nitrogens is 2. The van der Waals surface area contributed by atoms with Crippen LogP contribution in [-0.4, -0.2) is 57.7 Å². The zero-order valence-electron chi connectivity index (χ0n) is 14.1. The van der Waals surface area contributed by atoms with Gasteiger partial charge in [-0.05, 0) is 57.5 Å². The Kier molecular flexibility index (Phi) is 4.10. The van der Waals surface area contributed by atoms with E-state index in [0.29, 0.717) is 17.8 Å². The van der Waals surface area contributed by atoms with Crippen molar-refractivity contribution >= 4 is 5.91 Å². The first-order chi connectivity index (χ1) is 11.7. The molecule has 2 saturated heterocycles. The van der Waals surface area contributed by atoms with Crippen LogP contribution in [0, 0.1) is 0 Å². The van der Waals surface area contributed by atoms with E-state index in [0.717, 1.165) is 31.6 Å². The molecule has 3 heterocycles. The lowest BCUT2D eigenvalue weighted by Crippen LogP contribution is -2.47. The number of para-hydroxylation sites is 1. The predicted molar refractivity (Wildman–Crippen MR) is 93.3 cm³/mol. The van der Waals surface area contributed by atoms with Crippen molar-refractivity contribution in [1.82, 2.24) is 19.6 Å². The van der Waals surface area contributed by atoms with Gasteiger partial charge in [-0.3, -0.25) is 4.79 Å². The van der Waals surface area contributed by atoms with Crippen LogP contribution in [-0.2, 0) is 0 Å². The molecule has 1 aromatic carbocycles. The van der Waals surface area contributed by atoms with Crippen LogP contribution < -0.4 is 0 Å². The molecule has 2 aliphatic heterocycles. The maximum atomic E-state index is 13.0. The van der Waals surface area contributed by atoms with Crippen LogP contribution in [0.25, 0.3) is 5.69 Å². The van der Waals surface area contributed by atoms with Gasteiger partial charge in [-0.2, -0.15) is 5.10 Å². The number of benzene rings is 1. The summed E-state index contributed by atoms with van der Waals surface area (Å²) >= 11 is 0. The van der Waals surface area contributed by atoms with Crippen molar-refractivity contribution in [3.05, 3.63) is 48.3 Å². The summed E-state index contributed by atoms with van der Waals surface area (Å²) in [5.74, 6) is 0.0764. The van der Waals surface area contributed by atoms with Crippen molar-refractivity contribution < 1.29 is 4.79 Å². The van der Waals surface area contributed by atoms with E-state index in [1.54, 1.807) is 4.68 Å². The van der Waals surface area contributed by atoms with Crippen molar-refractivity contribution in [3.63, 3.8) is 0 Å². The van der Waals surface area contributed by atoms with E-state index in [1.807, 2.05) is 42.6 Å². The van der Waals surface area contributed by atoms with Crippen LogP contribution in [0.1, 0.15) is 36.2 Å². The maximum absolute atomic E-state index is 13.0. The summed E-state index contributed by atoms with van der Waals surface area (Å²) in [6.07, 6.45) is 6.52. The van der Waals surface area contributed by atoms with E-state index in [2.05, 4.69) is 21.9 Å². The molecular formula is C19H24N4O. The first kappa shape index (κ1) is 15.4. The third-order valence-corrected chi connectivity index (χ3v) is 5.41. The molecule has 0 spiro atoms. The monoisotopic (exact) mass is 324 g/mol. The van der Waals surface area contributed by atoms with Crippen LogP contribution in [0.15, 0.2) is 42.6 Å². The van der Waals surface area contributed by atoms with Gasteiger partial charge in [0.05, 0.1) is 5.69 Å². The van der Waals surface area contributed by atoms with Gasteiger partial charge in [-0.1, -0.05) is 18.2 Å². The molecule has 126 valence electrons. The second kappa shape index (κ2) is 6.40. The van der Waals surface area contributed by atoms with Crippen molar-refractivity contribution in [3.8, 4) is 5.69 Å². The highest BCUT2D eigenvalue weighted by Gasteiger charge is 2.39. The van der Waals surface area contributed by atoms with Crippen molar-refractivity contribution in [2.45, 2.75) is 37.8 Å². The van der Waals surface area contributed by atoms with Crippen LogP contribution >= 0.6 is 0 Å². The standard InChI is InChI=1S/C19H24N4O/c1-21-12-5-9-17(21)18-10-6-13-22(18)19(24)16-11-14-23(20-16)15-7-3-2-4-8-15/h2-4,7-8,11,14,17-18H,5-6,9-10,12-13H2,1H3/t17-,18+/m1/s1. The lowest BCUT2D eigenvalue weighted by Gasteiger charge is -2.32. The Bertz CT molecular complexity index is 711. The average Bonchev–Trinajstić information content (AvgIpc) is 3.35. The molecule has 0 radical (unpaired) electrons. The second-order valence-corrected chi connectivity index (χ2v) is 6.88. The van der Waals surface area contributed by atoms with Gasteiger partial charge in [-0.15, -0.1) is 0 Å². The van der Waals surface area contributed by atoms with Crippen LogP contribution in [0.2, 0.25) is 0 Å². The Balaban J connectivity index is 1.54. The average molecular weight is 324 g/mol. The molecule has 1 amide bonds. The number of carbonyl (C=O) groups is 1. The van der Waals surface area contributed by atoms with Gasteiger partial charge in [0.1, 0.15) is 0 Å². The van der Waals surface area contributed by atoms with Gasteiger partial charge in [0, 0.05) is 24.8 Å². The van der Waals surface area contributed by atoms with Crippen LogP contribution in [0.3, 0.4) is 0 Å². The number of carbonyl (C=O) groups excluding carboxylic acids is 1. The third-order valence-electron chi connectivity index (χ3n) is 5.41. The largest absolute Gasteiger partial charge is 0.333 e. The second-order valence-electron chi connectivity index (χ2n) is 6.88. The normalized spacial score (nSPS) is 24.6. The fraction of sp³-hybridized carbons (Fsp3) is 0.474. The molecule has 0 unspecified atom stereocenters. The number of nitrogens with zero attached hydrogens (tertiary/aromatic N) is 4. The number of amides is 1. The number of hydrogen-bond acceptors (Lipinski definition) is 3. The fourth-order valence-electron chi connectivity index (χ4n) is 4.18. The van der Waals surface area contributed by atoms with E-state index >= 15 is 0 Å². The minimum atomic E-state index is 0.0764. The molecule has 5 heteroatoms. The summed E-state index contributed by atoms with van der Waals surface area (Å²) in [6.45, 7) is 2.00. The summed E-state index contributed by atoms with van der Waals surface area (Å²) in [4.78, 5) is 17.5. The number of likely N-dealkylation sites (N-methyl/N-ethyl adjacent to an activating group) is 1. The summed E-state index contributed by atoms with van der Waals surface area (Å²) in [5, 5.41) is 4.52. The summed E-state index contributed by atoms with van der Waals surface area (Å²) < 4.78 is 1.78. The Morgan fingerprint density at radius 1 is 1.04 bits per heavy atom. The first-order valence-electron chi connectivity index (χ1n) is 8.86. The number of rotatable bonds is 3. The van der Waals surface area contributed by atoms with Gasteiger partial charge in [-0.25, -0.2) is 4.68 Å². The Morgan fingerprint density at radius 2 is 1.79 bits per heavy atom. The fourth-order valence-corrected chi connectivity index (χ4v) is 4.18. The lowest BCUT2D eigenvalue weighted by molar-refractivity contribution is 0.0658. The quantitative estimate of drug-likeness (QED) is 0.871. The number of hydrogen-bond donors (Lipinski definition) is 0. The van der Waals surface area contributed by atoms with Gasteiger partial charge >= 0.3 is 0 Å². The highest BCUT2D eigenvalue weighted by molar-refractivity contribution is 5.92. The summed E-state index contributed by atoms with van der Waals surface area (Å²) in [7, 11) is 2.18. The highest BCUT2D eigenvalue weighted by atomic mass is 16.2. The minimum absolute atomic E-state index is 0.0764. The first-order valence-corrected chi connectivity index (χ1v) is 8.86. The molecule has 0 saturated carbocycles. The van der Waals surface area contributed by atoms with Gasteiger partial charge < -0.3 is 9.80 Å². The molecule has 0 aliphatic carbocycles. The molecule has 2 fully saturated rings. The molecule has 0 bridgehead atoms. The molecular weight excluding hydrogens is 300 g/mol. The van der Waals surface area contributed by atoms with E-state index in [4.69, 9.17) is 0 Å². The van der Waals surface area contributed by atoms with Gasteiger partial charge in [0.15, 0.2) is 5.69 Å². The van der Waals surface area contributed by atoms with E-state index in [-0.39, 0.29) is 5.91 Å². The number of likely N-dealkylation sites (tertiary alicyclic amines) is 2. The molecule has 2 aromatic rings. The van der Waals surface area contributed by atoms with Gasteiger partial charge in [0.2, 0.25) is 0 Å². The summed E-state index contributed by atoms with van der Waals surface area (Å²) in [5.41, 5.74) is 1.52. The molecule has 2 aliphatic rings. The molecule has 1 aromatic heterocycles. The molecule has 24 heavy (non-hydrogen) atoms. The van der Waals surface area contributed by atoms with Crippen LogP contribution in [0.4, 0.5) is 0 Å². The van der Waals surface area contributed by atoms with Gasteiger partial charge in [0.25, 0.3) is 5.91 Å². The maximum Gasteiger partial charge on any atom is 0.274 e. The zero-order valence-corrected chi connectivity index (χ0v) is 14.1. The molecule has 4 rings (SSSR count).